The number of hydrogen-bond acceptors (Lipinski definition) is 4. The fourth-order valence-corrected chi connectivity index (χ4v) is 1.47. The molecule has 0 aliphatic carbocycles. The summed E-state index contributed by atoms with van der Waals surface area (Å²) in [5, 5.41) is 0. The molecule has 1 aliphatic rings. The highest BCUT2D eigenvalue weighted by Gasteiger charge is 2.14. The Labute approximate surface area is 71.4 Å². The van der Waals surface area contributed by atoms with Crippen LogP contribution in [0.4, 0.5) is 5.95 Å². The van der Waals surface area contributed by atoms with Crippen LogP contribution in [-0.4, -0.2) is 28.5 Å². The van der Waals surface area contributed by atoms with Crippen molar-refractivity contribution in [2.24, 2.45) is 0 Å². The number of likely N-dealkylation sites (N-methyl/N-ethyl adjacent to an activating group) is 1. The molecule has 1 aromatic heterocycles. The van der Waals surface area contributed by atoms with Gasteiger partial charge in [-0.05, 0) is 7.05 Å². The topological polar surface area (TPSA) is 55.0 Å². The Morgan fingerprint density at radius 2 is 2.42 bits per heavy atom. The van der Waals surface area contributed by atoms with Gasteiger partial charge in [-0.3, -0.25) is 0 Å². The number of aromatic nitrogens is 2. The van der Waals surface area contributed by atoms with E-state index in [9.17, 15) is 0 Å². The van der Waals surface area contributed by atoms with Gasteiger partial charge in [0.15, 0.2) is 0 Å². The molecule has 0 unspecified atom stereocenters. The average molecular weight is 164 g/mol. The largest absolute Gasteiger partial charge is 0.368 e. The Kier molecular flexibility index (Phi) is 1.69. The number of hydrogen-bond donors (Lipinski definition) is 1. The van der Waals surface area contributed by atoms with Crippen LogP contribution in [0.3, 0.4) is 0 Å². The van der Waals surface area contributed by atoms with E-state index in [2.05, 4.69) is 21.9 Å². The summed E-state index contributed by atoms with van der Waals surface area (Å²) in [6.45, 7) is 2.00. The monoisotopic (exact) mass is 164 g/mol. The van der Waals surface area contributed by atoms with Crippen LogP contribution in [0.25, 0.3) is 0 Å². The van der Waals surface area contributed by atoms with Crippen LogP contribution in [0, 0.1) is 0 Å². The summed E-state index contributed by atoms with van der Waals surface area (Å²) in [6.07, 6.45) is 2.81. The molecule has 0 spiro atoms. The molecule has 1 aromatic rings. The third kappa shape index (κ3) is 1.25. The number of rotatable bonds is 0. The van der Waals surface area contributed by atoms with Crippen LogP contribution in [-0.2, 0) is 13.0 Å². The lowest BCUT2D eigenvalue weighted by atomic mass is 10.1. The molecule has 0 amide bonds. The minimum Gasteiger partial charge on any atom is -0.368 e. The molecule has 1 aliphatic heterocycles. The summed E-state index contributed by atoms with van der Waals surface area (Å²) in [5.41, 5.74) is 7.80. The van der Waals surface area contributed by atoms with Crippen molar-refractivity contribution in [3.63, 3.8) is 0 Å². The zero-order valence-electron chi connectivity index (χ0n) is 7.12. The molecule has 4 heteroatoms. The fourth-order valence-electron chi connectivity index (χ4n) is 1.47. The molecule has 0 bridgehead atoms. The molecule has 2 heterocycles. The first-order chi connectivity index (χ1) is 5.75. The van der Waals surface area contributed by atoms with E-state index in [1.54, 1.807) is 0 Å². The number of fused-ring (bicyclic) bond motifs is 1. The Morgan fingerprint density at radius 3 is 3.25 bits per heavy atom. The van der Waals surface area contributed by atoms with Crippen LogP contribution >= 0.6 is 0 Å². The summed E-state index contributed by atoms with van der Waals surface area (Å²) >= 11 is 0. The summed E-state index contributed by atoms with van der Waals surface area (Å²) < 4.78 is 0. The highest BCUT2D eigenvalue weighted by atomic mass is 15.1. The zero-order valence-corrected chi connectivity index (χ0v) is 7.12. The first-order valence-electron chi connectivity index (χ1n) is 4.04. The Balaban J connectivity index is 2.37. The Bertz CT molecular complexity index is 297. The number of anilines is 1. The highest BCUT2D eigenvalue weighted by molar-refractivity contribution is 5.26. The van der Waals surface area contributed by atoms with E-state index in [4.69, 9.17) is 5.73 Å². The Hall–Kier alpha value is -1.16. The molecule has 2 rings (SSSR count). The van der Waals surface area contributed by atoms with Gasteiger partial charge in [0.1, 0.15) is 0 Å². The Morgan fingerprint density at radius 1 is 1.58 bits per heavy atom. The lowest BCUT2D eigenvalue weighted by Crippen LogP contribution is -2.27. The van der Waals surface area contributed by atoms with Crippen molar-refractivity contribution < 1.29 is 0 Å². The van der Waals surface area contributed by atoms with E-state index in [0.717, 1.165) is 25.2 Å². The van der Waals surface area contributed by atoms with Crippen molar-refractivity contribution in [3.8, 4) is 0 Å². The van der Waals surface area contributed by atoms with Crippen molar-refractivity contribution in [1.82, 2.24) is 14.9 Å². The minimum atomic E-state index is 0.387. The SMILES string of the molecule is CN1CCc2nc(N)ncc2C1. The molecule has 0 saturated heterocycles. The van der Waals surface area contributed by atoms with Gasteiger partial charge in [-0.2, -0.15) is 0 Å². The van der Waals surface area contributed by atoms with Crippen LogP contribution in [0.2, 0.25) is 0 Å². The van der Waals surface area contributed by atoms with Gasteiger partial charge in [0, 0.05) is 31.3 Å². The minimum absolute atomic E-state index is 0.387. The molecule has 2 N–H and O–H groups in total. The van der Waals surface area contributed by atoms with Crippen LogP contribution in [0.15, 0.2) is 6.20 Å². The molecule has 0 saturated carbocycles. The third-order valence-corrected chi connectivity index (χ3v) is 2.14. The van der Waals surface area contributed by atoms with E-state index < -0.39 is 0 Å². The smallest absolute Gasteiger partial charge is 0.220 e. The van der Waals surface area contributed by atoms with E-state index in [0.29, 0.717) is 5.95 Å². The maximum Gasteiger partial charge on any atom is 0.220 e. The summed E-state index contributed by atoms with van der Waals surface area (Å²) in [7, 11) is 2.10. The van der Waals surface area contributed by atoms with Crippen LogP contribution < -0.4 is 5.73 Å². The first-order valence-corrected chi connectivity index (χ1v) is 4.04. The quantitative estimate of drug-likeness (QED) is 0.588. The number of nitrogen functional groups attached to an aromatic ring is 1. The number of nitrogens with zero attached hydrogens (tertiary/aromatic N) is 3. The molecule has 0 aromatic carbocycles. The van der Waals surface area contributed by atoms with Crippen molar-refractivity contribution in [2.75, 3.05) is 19.3 Å². The van der Waals surface area contributed by atoms with Gasteiger partial charge in [-0.25, -0.2) is 9.97 Å². The van der Waals surface area contributed by atoms with Gasteiger partial charge in [-0.15, -0.1) is 0 Å². The molecular formula is C8H12N4. The second-order valence-corrected chi connectivity index (χ2v) is 3.19. The predicted octanol–water partition coefficient (Wildman–Crippen LogP) is 0.0467. The second-order valence-electron chi connectivity index (χ2n) is 3.19. The van der Waals surface area contributed by atoms with Crippen LogP contribution in [0.5, 0.6) is 0 Å². The highest BCUT2D eigenvalue weighted by Crippen LogP contribution is 2.14. The first kappa shape index (κ1) is 7.49. The standard InChI is InChI=1S/C8H12N4/c1-12-3-2-7-6(5-12)4-10-8(9)11-7/h4H,2-3,5H2,1H3,(H2,9,10,11). The van der Waals surface area contributed by atoms with Gasteiger partial charge < -0.3 is 10.6 Å². The van der Waals surface area contributed by atoms with Crippen molar-refractivity contribution in [3.05, 3.63) is 17.5 Å². The molecule has 12 heavy (non-hydrogen) atoms. The molecular weight excluding hydrogens is 152 g/mol. The predicted molar refractivity (Wildman–Crippen MR) is 46.5 cm³/mol. The van der Waals surface area contributed by atoms with Crippen molar-refractivity contribution >= 4 is 5.95 Å². The van der Waals surface area contributed by atoms with Gasteiger partial charge in [0.25, 0.3) is 0 Å². The molecule has 0 fully saturated rings. The van der Waals surface area contributed by atoms with Crippen molar-refractivity contribution in [2.45, 2.75) is 13.0 Å². The summed E-state index contributed by atoms with van der Waals surface area (Å²) in [4.78, 5) is 10.4. The summed E-state index contributed by atoms with van der Waals surface area (Å²) in [5.74, 6) is 0.387. The van der Waals surface area contributed by atoms with Gasteiger partial charge in [0.05, 0.1) is 5.69 Å². The lowest BCUT2D eigenvalue weighted by molar-refractivity contribution is 0.309. The second kappa shape index (κ2) is 2.71. The van der Waals surface area contributed by atoms with Crippen LogP contribution in [0.1, 0.15) is 11.3 Å². The van der Waals surface area contributed by atoms with Crippen molar-refractivity contribution in [1.29, 1.82) is 0 Å². The lowest BCUT2D eigenvalue weighted by Gasteiger charge is -2.23. The van der Waals surface area contributed by atoms with Gasteiger partial charge in [-0.1, -0.05) is 0 Å². The zero-order chi connectivity index (χ0) is 8.55. The maximum absolute atomic E-state index is 5.48. The van der Waals surface area contributed by atoms with E-state index in [1.807, 2.05) is 6.20 Å². The third-order valence-electron chi connectivity index (χ3n) is 2.14. The number of nitrogens with two attached hydrogens (primary N) is 1. The molecule has 0 atom stereocenters. The van der Waals surface area contributed by atoms with Gasteiger partial charge in [0.2, 0.25) is 5.95 Å². The maximum atomic E-state index is 5.48. The average Bonchev–Trinajstić information content (AvgIpc) is 2.05. The molecule has 0 radical (unpaired) electrons. The molecule has 64 valence electrons. The van der Waals surface area contributed by atoms with E-state index in [-0.39, 0.29) is 0 Å². The molecule has 4 nitrogen and oxygen atoms in total. The normalized spacial score (nSPS) is 17.4. The van der Waals surface area contributed by atoms with Gasteiger partial charge >= 0.3 is 0 Å². The van der Waals surface area contributed by atoms with E-state index in [1.165, 1.54) is 5.56 Å². The summed E-state index contributed by atoms with van der Waals surface area (Å²) in [6, 6.07) is 0. The fraction of sp³-hybridized carbons (Fsp3) is 0.500. The van der Waals surface area contributed by atoms with E-state index >= 15 is 0 Å².